The van der Waals surface area contributed by atoms with Gasteiger partial charge in [0.05, 0.1) is 23.0 Å². The fourth-order valence-electron chi connectivity index (χ4n) is 6.73. The Kier molecular flexibility index (Phi) is 11.1. The molecule has 6 aromatic carbocycles. The van der Waals surface area contributed by atoms with Gasteiger partial charge in [-0.05, 0) is 111 Å². The van der Waals surface area contributed by atoms with Crippen molar-refractivity contribution >= 4 is 70.4 Å². The van der Waals surface area contributed by atoms with Crippen LogP contribution in [0.2, 0.25) is 0 Å². The number of aromatic nitrogens is 1. The van der Waals surface area contributed by atoms with Crippen LogP contribution in [-0.2, 0) is 0 Å². The fourth-order valence-corrected chi connectivity index (χ4v) is 8.19. The lowest BCUT2D eigenvalue weighted by Crippen LogP contribution is -2.18. The molecular weight excluding hydrogens is 710 g/mol. The van der Waals surface area contributed by atoms with E-state index in [1.165, 1.54) is 69.5 Å². The molecule has 0 unspecified atom stereocenters. The van der Waals surface area contributed by atoms with Crippen molar-refractivity contribution in [1.29, 1.82) is 0 Å². The van der Waals surface area contributed by atoms with Gasteiger partial charge in [-0.1, -0.05) is 129 Å². The van der Waals surface area contributed by atoms with Crippen LogP contribution in [0.15, 0.2) is 119 Å². The summed E-state index contributed by atoms with van der Waals surface area (Å²) in [7, 11) is 0. The highest BCUT2D eigenvalue weighted by molar-refractivity contribution is 9.10. The number of hydrogen-bond donors (Lipinski definition) is 0. The molecule has 258 valence electrons. The van der Waals surface area contributed by atoms with Gasteiger partial charge >= 0.3 is 0 Å². The molecule has 1 aromatic heterocycles. The predicted molar refractivity (Wildman–Crippen MR) is 224 cm³/mol. The number of thiazole rings is 1. The average molecular weight is 755 g/mol. The summed E-state index contributed by atoms with van der Waals surface area (Å²) in [4.78, 5) is 5.21. The molecule has 0 atom stereocenters. The third-order valence-corrected chi connectivity index (χ3v) is 11.6. The van der Waals surface area contributed by atoms with Crippen molar-refractivity contribution in [2.45, 2.75) is 59.3 Å². The molecule has 7 rings (SSSR count). The molecule has 0 saturated heterocycles. The van der Waals surface area contributed by atoms with Crippen LogP contribution in [0, 0.1) is 6.92 Å². The Balaban J connectivity index is 1.28. The van der Waals surface area contributed by atoms with Crippen molar-refractivity contribution in [2.24, 2.45) is 5.10 Å². The van der Waals surface area contributed by atoms with Gasteiger partial charge in [0, 0.05) is 22.0 Å². The van der Waals surface area contributed by atoms with Gasteiger partial charge < -0.3 is 4.74 Å². The van der Waals surface area contributed by atoms with Crippen LogP contribution in [0.25, 0.3) is 54.0 Å². The first-order valence-corrected chi connectivity index (χ1v) is 19.8. The number of nitrogens with zero attached hydrogens (tertiary/aromatic N) is 3. The van der Waals surface area contributed by atoms with Crippen LogP contribution in [0.4, 0.5) is 5.13 Å². The van der Waals surface area contributed by atoms with Crippen molar-refractivity contribution in [2.75, 3.05) is 18.2 Å². The smallest absolute Gasteiger partial charge is 0.207 e. The zero-order valence-electron chi connectivity index (χ0n) is 29.7. The largest absolute Gasteiger partial charge is 0.494 e. The highest BCUT2D eigenvalue weighted by atomic mass is 79.9. The van der Waals surface area contributed by atoms with Crippen molar-refractivity contribution in [3.63, 3.8) is 0 Å². The van der Waals surface area contributed by atoms with E-state index in [0.717, 1.165) is 56.1 Å². The predicted octanol–water partition coefficient (Wildman–Crippen LogP) is 13.6. The summed E-state index contributed by atoms with van der Waals surface area (Å²) >= 11 is 5.52. The van der Waals surface area contributed by atoms with Crippen molar-refractivity contribution in [3.8, 4) is 28.0 Å². The number of ether oxygens (including phenoxy) is 1. The molecular formula is C45H44BrN3OS. The second-order valence-electron chi connectivity index (χ2n) is 13.2. The summed E-state index contributed by atoms with van der Waals surface area (Å²) in [5.74, 6) is 0.874. The number of hydrazone groups is 1. The third-order valence-electron chi connectivity index (χ3n) is 9.56. The second-order valence-corrected chi connectivity index (χ2v) is 15.0. The Morgan fingerprint density at radius 1 is 0.745 bits per heavy atom. The van der Waals surface area contributed by atoms with Crippen LogP contribution in [-0.4, -0.2) is 24.4 Å². The maximum atomic E-state index is 5.76. The standard InChI is InChI=1S/C45H44BrN3OS/c1-4-6-7-8-9-12-27-49(45-48-44-41-14-11-10-13-32(41)21-26-42(44)51-45)47-30-37-29-35(19-24-39(37)33-17-22-38(23-18-33)50-5-2)34-20-25-40-36(28-34)16-15-31(3)43(40)46/h10-11,13-26,28-30H,4-9,12,27H2,1-3H3/b47-30+. The normalized spacial score (nSPS) is 11.7. The van der Waals surface area contributed by atoms with Crippen LogP contribution in [0.5, 0.6) is 5.75 Å². The molecule has 0 amide bonds. The highest BCUT2D eigenvalue weighted by Crippen LogP contribution is 2.36. The van der Waals surface area contributed by atoms with Gasteiger partial charge in [0.2, 0.25) is 5.13 Å². The van der Waals surface area contributed by atoms with Gasteiger partial charge in [0.15, 0.2) is 0 Å². The number of rotatable bonds is 14. The van der Waals surface area contributed by atoms with E-state index in [9.17, 15) is 0 Å². The van der Waals surface area contributed by atoms with Gasteiger partial charge in [-0.3, -0.25) is 0 Å². The minimum absolute atomic E-state index is 0.643. The Bertz CT molecular complexity index is 2310. The van der Waals surface area contributed by atoms with E-state index < -0.39 is 0 Å². The lowest BCUT2D eigenvalue weighted by molar-refractivity contribution is 0.340. The molecule has 0 spiro atoms. The molecule has 6 heteroatoms. The molecule has 0 aliphatic heterocycles. The summed E-state index contributed by atoms with van der Waals surface area (Å²) in [6.07, 6.45) is 9.38. The first-order chi connectivity index (χ1) is 25.0. The third kappa shape index (κ3) is 7.88. The molecule has 1 heterocycles. The van der Waals surface area contributed by atoms with Gasteiger partial charge in [-0.25, -0.2) is 9.99 Å². The van der Waals surface area contributed by atoms with E-state index in [2.05, 4.69) is 132 Å². The maximum Gasteiger partial charge on any atom is 0.207 e. The Labute approximate surface area is 313 Å². The second kappa shape index (κ2) is 16.2. The SMILES string of the molecule is CCCCCCCCN(/N=C/c1cc(-c2ccc3c(Br)c(C)ccc3c2)ccc1-c1ccc(OCC)cc1)c1nc2c(ccc3ccccc32)s1. The Hall–Kier alpha value is -4.52. The average Bonchev–Trinajstić information content (AvgIpc) is 3.61. The topological polar surface area (TPSA) is 37.7 Å². The van der Waals surface area contributed by atoms with Gasteiger partial charge in [0.25, 0.3) is 0 Å². The number of anilines is 1. The lowest BCUT2D eigenvalue weighted by Gasteiger charge is -2.17. The maximum absolute atomic E-state index is 5.76. The van der Waals surface area contributed by atoms with Crippen molar-refractivity contribution in [3.05, 3.63) is 125 Å². The first kappa shape index (κ1) is 34.9. The summed E-state index contributed by atoms with van der Waals surface area (Å²) in [6.45, 7) is 7.87. The monoisotopic (exact) mass is 753 g/mol. The number of hydrogen-bond acceptors (Lipinski definition) is 5. The Morgan fingerprint density at radius 3 is 2.33 bits per heavy atom. The van der Waals surface area contributed by atoms with Crippen molar-refractivity contribution < 1.29 is 4.74 Å². The van der Waals surface area contributed by atoms with Crippen LogP contribution in [0.1, 0.15) is 63.5 Å². The number of benzene rings is 6. The molecule has 7 aromatic rings. The van der Waals surface area contributed by atoms with E-state index >= 15 is 0 Å². The van der Waals surface area contributed by atoms with Crippen molar-refractivity contribution in [1.82, 2.24) is 4.98 Å². The summed E-state index contributed by atoms with van der Waals surface area (Å²) in [5, 5.41) is 13.1. The highest BCUT2D eigenvalue weighted by Gasteiger charge is 2.15. The molecule has 0 N–H and O–H groups in total. The van der Waals surface area contributed by atoms with Gasteiger partial charge in [-0.15, -0.1) is 0 Å². The molecule has 0 radical (unpaired) electrons. The van der Waals surface area contributed by atoms with Gasteiger partial charge in [-0.2, -0.15) is 5.10 Å². The summed E-state index contributed by atoms with van der Waals surface area (Å²) < 4.78 is 8.09. The van der Waals surface area contributed by atoms with E-state index in [1.807, 2.05) is 25.3 Å². The van der Waals surface area contributed by atoms with E-state index in [0.29, 0.717) is 6.61 Å². The van der Waals surface area contributed by atoms with Crippen LogP contribution < -0.4 is 9.75 Å². The number of aryl methyl sites for hydroxylation is 1. The summed E-state index contributed by atoms with van der Waals surface area (Å²) in [6, 6.07) is 39.1. The lowest BCUT2D eigenvalue weighted by atomic mass is 9.94. The molecule has 0 saturated carbocycles. The first-order valence-electron chi connectivity index (χ1n) is 18.2. The molecule has 0 aliphatic carbocycles. The molecule has 4 nitrogen and oxygen atoms in total. The van der Waals surface area contributed by atoms with E-state index in [-0.39, 0.29) is 0 Å². The van der Waals surface area contributed by atoms with Crippen LogP contribution in [0.3, 0.4) is 0 Å². The molecule has 51 heavy (non-hydrogen) atoms. The van der Waals surface area contributed by atoms with Crippen LogP contribution >= 0.6 is 27.3 Å². The zero-order chi connectivity index (χ0) is 35.2. The minimum Gasteiger partial charge on any atom is -0.494 e. The fraction of sp³-hybridized carbons (Fsp3) is 0.244. The van der Waals surface area contributed by atoms with E-state index in [4.69, 9.17) is 14.8 Å². The number of halogens is 1. The van der Waals surface area contributed by atoms with Gasteiger partial charge in [0.1, 0.15) is 5.75 Å². The Morgan fingerprint density at radius 2 is 1.49 bits per heavy atom. The number of fused-ring (bicyclic) bond motifs is 4. The zero-order valence-corrected chi connectivity index (χ0v) is 32.1. The quantitative estimate of drug-likeness (QED) is 0.0630. The molecule has 0 fully saturated rings. The molecule has 0 aliphatic rings. The minimum atomic E-state index is 0.643. The summed E-state index contributed by atoms with van der Waals surface area (Å²) in [5.41, 5.74) is 7.91. The number of unbranched alkanes of at least 4 members (excludes halogenated alkanes) is 5. The van der Waals surface area contributed by atoms with E-state index in [1.54, 1.807) is 11.3 Å². The molecule has 0 bridgehead atoms.